The van der Waals surface area contributed by atoms with Crippen molar-refractivity contribution in [3.05, 3.63) is 24.3 Å². The maximum absolute atomic E-state index is 13.1. The predicted octanol–water partition coefficient (Wildman–Crippen LogP) is 4.35. The average Bonchev–Trinajstić information content (AvgIpc) is 3.47. The van der Waals surface area contributed by atoms with E-state index in [4.69, 9.17) is 0 Å². The molecule has 6 heteroatoms. The van der Waals surface area contributed by atoms with Crippen LogP contribution in [0.3, 0.4) is 0 Å². The highest BCUT2D eigenvalue weighted by atomic mass is 16.2. The van der Waals surface area contributed by atoms with E-state index in [1.54, 1.807) is 24.3 Å². The number of anilines is 2. The average molecular weight is 437 g/mol. The molecule has 0 spiro atoms. The van der Waals surface area contributed by atoms with Crippen LogP contribution in [0.2, 0.25) is 0 Å². The Balaban J connectivity index is 1.27. The number of benzene rings is 1. The van der Waals surface area contributed by atoms with Crippen molar-refractivity contribution >= 4 is 34.8 Å². The molecular formula is C26H32N2O4. The summed E-state index contributed by atoms with van der Waals surface area (Å²) in [6.07, 6.45) is 4.32. The van der Waals surface area contributed by atoms with Gasteiger partial charge in [0.2, 0.25) is 11.8 Å². The van der Waals surface area contributed by atoms with Crippen LogP contribution in [0.1, 0.15) is 66.2 Å². The maximum Gasteiger partial charge on any atom is 0.238 e. The molecule has 4 aliphatic rings. The second-order valence-corrected chi connectivity index (χ2v) is 11.6. The van der Waals surface area contributed by atoms with Crippen LogP contribution >= 0.6 is 0 Å². The van der Waals surface area contributed by atoms with Crippen molar-refractivity contribution in [2.24, 2.45) is 33.5 Å². The van der Waals surface area contributed by atoms with E-state index >= 15 is 0 Å². The molecule has 0 aromatic heterocycles. The van der Waals surface area contributed by atoms with Crippen molar-refractivity contribution in [3.8, 4) is 0 Å². The summed E-state index contributed by atoms with van der Waals surface area (Å²) < 4.78 is 0. The molecule has 4 fully saturated rings. The molecule has 0 radical (unpaired) electrons. The monoisotopic (exact) mass is 436 g/mol. The first kappa shape index (κ1) is 21.4. The molecule has 2 amide bonds. The maximum atomic E-state index is 13.1. The summed E-state index contributed by atoms with van der Waals surface area (Å²) in [6.45, 7) is 7.81. The molecule has 32 heavy (non-hydrogen) atoms. The smallest absolute Gasteiger partial charge is 0.238 e. The van der Waals surface area contributed by atoms with E-state index in [-0.39, 0.29) is 35.2 Å². The van der Waals surface area contributed by atoms with E-state index < -0.39 is 21.7 Å². The Bertz CT molecular complexity index is 957. The number of nitrogens with one attached hydrogen (secondary N) is 2. The van der Waals surface area contributed by atoms with Gasteiger partial charge in [0.05, 0.1) is 0 Å². The SMILES string of the molecule is CC1(C)C(=O)[C@]2(C(=O)Nc3ccc(NC(=O)[C@@]45CC[C@@H](C4)C(C)(C)C5=O)cc3)CC[C@H]1C2. The minimum Gasteiger partial charge on any atom is -0.325 e. The highest BCUT2D eigenvalue weighted by molar-refractivity contribution is 6.16. The standard InChI is InChI=1S/C26H32N2O4/c1-23(2)15-9-11-25(13-15,19(23)29)21(31)27-17-5-7-18(8-6-17)28-22(32)26-12-10-16(14-26)24(3,4)20(26)30/h5-8,15-16H,9-14H2,1-4H3,(H,27,31)(H,28,32)/t15-,16-,25-,26-/m0/s1. The Morgan fingerprint density at radius 1 is 0.719 bits per heavy atom. The first-order valence-corrected chi connectivity index (χ1v) is 11.8. The van der Waals surface area contributed by atoms with E-state index in [1.165, 1.54) is 0 Å². The molecule has 4 bridgehead atoms. The van der Waals surface area contributed by atoms with E-state index in [2.05, 4.69) is 10.6 Å². The fourth-order valence-electron chi connectivity index (χ4n) is 7.10. The number of Topliss-reactive ketones (excluding diaryl/α,β-unsaturated/α-hetero) is 2. The third-order valence-electron chi connectivity index (χ3n) is 9.38. The summed E-state index contributed by atoms with van der Waals surface area (Å²) in [6, 6.07) is 6.93. The fraction of sp³-hybridized carbons (Fsp3) is 0.615. The van der Waals surface area contributed by atoms with Crippen LogP contribution < -0.4 is 10.6 Å². The molecule has 4 aliphatic carbocycles. The highest BCUT2D eigenvalue weighted by Gasteiger charge is 2.66. The van der Waals surface area contributed by atoms with Gasteiger partial charge in [-0.05, 0) is 74.6 Å². The number of fused-ring (bicyclic) bond motifs is 4. The molecule has 170 valence electrons. The topological polar surface area (TPSA) is 92.3 Å². The van der Waals surface area contributed by atoms with Gasteiger partial charge in [0.25, 0.3) is 0 Å². The Hall–Kier alpha value is -2.50. The van der Waals surface area contributed by atoms with Crippen LogP contribution in [-0.2, 0) is 19.2 Å². The first-order chi connectivity index (χ1) is 14.9. The number of hydrogen-bond acceptors (Lipinski definition) is 4. The van der Waals surface area contributed by atoms with E-state index in [9.17, 15) is 19.2 Å². The zero-order valence-corrected chi connectivity index (χ0v) is 19.3. The normalized spacial score (nSPS) is 35.9. The van der Waals surface area contributed by atoms with Crippen LogP contribution in [0.25, 0.3) is 0 Å². The third-order valence-corrected chi connectivity index (χ3v) is 9.38. The summed E-state index contributed by atoms with van der Waals surface area (Å²) in [5.74, 6) is 0.221. The van der Waals surface area contributed by atoms with Crippen molar-refractivity contribution in [3.63, 3.8) is 0 Å². The van der Waals surface area contributed by atoms with Crippen molar-refractivity contribution in [2.75, 3.05) is 10.6 Å². The fourth-order valence-corrected chi connectivity index (χ4v) is 7.10. The summed E-state index contributed by atoms with van der Waals surface area (Å²) in [4.78, 5) is 52.0. The van der Waals surface area contributed by atoms with Gasteiger partial charge in [0.1, 0.15) is 10.8 Å². The van der Waals surface area contributed by atoms with Crippen LogP contribution in [0.15, 0.2) is 24.3 Å². The van der Waals surface area contributed by atoms with E-state index in [0.717, 1.165) is 12.8 Å². The Morgan fingerprint density at radius 2 is 1.06 bits per heavy atom. The summed E-state index contributed by atoms with van der Waals surface area (Å²) in [7, 11) is 0. The number of amides is 2. The summed E-state index contributed by atoms with van der Waals surface area (Å²) in [5, 5.41) is 5.85. The molecule has 4 atom stereocenters. The van der Waals surface area contributed by atoms with Crippen molar-refractivity contribution in [1.82, 2.24) is 0 Å². The number of ketones is 2. The van der Waals surface area contributed by atoms with Gasteiger partial charge in [0, 0.05) is 22.2 Å². The van der Waals surface area contributed by atoms with Gasteiger partial charge in [-0.15, -0.1) is 0 Å². The molecule has 6 nitrogen and oxygen atoms in total. The highest BCUT2D eigenvalue weighted by Crippen LogP contribution is 2.61. The minimum atomic E-state index is -0.908. The van der Waals surface area contributed by atoms with Gasteiger partial charge >= 0.3 is 0 Å². The van der Waals surface area contributed by atoms with Gasteiger partial charge in [-0.1, -0.05) is 27.7 Å². The second-order valence-electron chi connectivity index (χ2n) is 11.6. The van der Waals surface area contributed by atoms with E-state index in [0.29, 0.717) is 37.1 Å². The van der Waals surface area contributed by atoms with Crippen LogP contribution in [0, 0.1) is 33.5 Å². The Morgan fingerprint density at radius 3 is 1.34 bits per heavy atom. The lowest BCUT2D eigenvalue weighted by atomic mass is 9.70. The van der Waals surface area contributed by atoms with Crippen LogP contribution in [-0.4, -0.2) is 23.4 Å². The molecule has 0 heterocycles. The quantitative estimate of drug-likeness (QED) is 0.686. The first-order valence-electron chi connectivity index (χ1n) is 11.8. The molecule has 4 saturated carbocycles. The summed E-state index contributed by atoms with van der Waals surface area (Å²) in [5.41, 5.74) is -1.49. The molecule has 0 aliphatic heterocycles. The predicted molar refractivity (Wildman–Crippen MR) is 121 cm³/mol. The molecule has 1 aromatic carbocycles. The van der Waals surface area contributed by atoms with Crippen molar-refractivity contribution in [2.45, 2.75) is 66.2 Å². The van der Waals surface area contributed by atoms with Gasteiger partial charge in [-0.2, -0.15) is 0 Å². The lowest BCUT2D eigenvalue weighted by Crippen LogP contribution is -2.44. The third kappa shape index (κ3) is 2.64. The van der Waals surface area contributed by atoms with Crippen molar-refractivity contribution in [1.29, 1.82) is 0 Å². The lowest BCUT2D eigenvalue weighted by Gasteiger charge is -2.32. The zero-order valence-electron chi connectivity index (χ0n) is 19.3. The largest absolute Gasteiger partial charge is 0.325 e. The minimum absolute atomic E-state index is 0.0564. The van der Waals surface area contributed by atoms with E-state index in [1.807, 2.05) is 27.7 Å². The Kier molecular flexibility index (Phi) is 4.35. The molecule has 5 rings (SSSR count). The van der Waals surface area contributed by atoms with Gasteiger partial charge < -0.3 is 10.6 Å². The van der Waals surface area contributed by atoms with Gasteiger partial charge in [-0.3, -0.25) is 19.2 Å². The molecule has 0 unspecified atom stereocenters. The van der Waals surface area contributed by atoms with Gasteiger partial charge in [-0.25, -0.2) is 0 Å². The van der Waals surface area contributed by atoms with Gasteiger partial charge in [0.15, 0.2) is 11.6 Å². The van der Waals surface area contributed by atoms with Crippen LogP contribution in [0.4, 0.5) is 11.4 Å². The van der Waals surface area contributed by atoms with Crippen molar-refractivity contribution < 1.29 is 19.2 Å². The Labute approximate surface area is 188 Å². The molecular weight excluding hydrogens is 404 g/mol. The number of carbonyl (C=O) groups is 4. The second kappa shape index (κ2) is 6.52. The number of hydrogen-bond donors (Lipinski definition) is 2. The summed E-state index contributed by atoms with van der Waals surface area (Å²) >= 11 is 0. The zero-order chi connectivity index (χ0) is 23.1. The molecule has 2 N–H and O–H groups in total. The lowest BCUT2D eigenvalue weighted by molar-refractivity contribution is -0.143. The number of carbonyl (C=O) groups excluding carboxylic acids is 4. The molecule has 1 aromatic rings. The van der Waals surface area contributed by atoms with Crippen LogP contribution in [0.5, 0.6) is 0 Å². The molecule has 0 saturated heterocycles. The number of rotatable bonds is 4.